The SMILES string of the molecule is CCNC1CCC(c2nc(CC3CCOC3)no2)CC1. The molecule has 0 radical (unpaired) electrons. The van der Waals surface area contributed by atoms with Gasteiger partial charge in [-0.3, -0.25) is 0 Å². The molecule has 1 saturated carbocycles. The van der Waals surface area contributed by atoms with E-state index in [2.05, 4.69) is 22.4 Å². The summed E-state index contributed by atoms with van der Waals surface area (Å²) in [5, 5.41) is 7.68. The third-order valence-corrected chi connectivity index (χ3v) is 4.55. The van der Waals surface area contributed by atoms with Crippen LogP contribution < -0.4 is 5.32 Å². The second kappa shape index (κ2) is 6.68. The average molecular weight is 279 g/mol. The molecule has 2 heterocycles. The molecule has 0 spiro atoms. The Morgan fingerprint density at radius 3 is 2.75 bits per heavy atom. The molecular weight excluding hydrogens is 254 g/mol. The van der Waals surface area contributed by atoms with Crippen LogP contribution in [-0.4, -0.2) is 35.9 Å². The number of nitrogens with zero attached hydrogens (tertiary/aromatic N) is 2. The molecule has 0 aromatic carbocycles. The highest BCUT2D eigenvalue weighted by atomic mass is 16.5. The fraction of sp³-hybridized carbons (Fsp3) is 0.867. The van der Waals surface area contributed by atoms with Crippen LogP contribution in [0, 0.1) is 5.92 Å². The predicted octanol–water partition coefficient (Wildman–Crippen LogP) is 2.28. The highest BCUT2D eigenvalue weighted by Gasteiger charge is 2.26. The number of nitrogens with one attached hydrogen (secondary N) is 1. The van der Waals surface area contributed by atoms with Crippen molar-refractivity contribution in [3.05, 3.63) is 11.7 Å². The van der Waals surface area contributed by atoms with Crippen LogP contribution in [0.1, 0.15) is 56.7 Å². The van der Waals surface area contributed by atoms with E-state index in [1.54, 1.807) is 0 Å². The molecule has 1 aliphatic heterocycles. The Morgan fingerprint density at radius 1 is 1.20 bits per heavy atom. The Labute approximate surface area is 120 Å². The third kappa shape index (κ3) is 3.38. The first-order valence-electron chi connectivity index (χ1n) is 7.98. The molecule has 5 heteroatoms. The van der Waals surface area contributed by atoms with Crippen LogP contribution in [0.15, 0.2) is 4.52 Å². The average Bonchev–Trinajstić information content (AvgIpc) is 3.12. The zero-order valence-electron chi connectivity index (χ0n) is 12.3. The molecule has 3 rings (SSSR count). The zero-order chi connectivity index (χ0) is 13.8. The lowest BCUT2D eigenvalue weighted by molar-refractivity contribution is 0.185. The lowest BCUT2D eigenvalue weighted by Crippen LogP contribution is -2.32. The largest absolute Gasteiger partial charge is 0.381 e. The summed E-state index contributed by atoms with van der Waals surface area (Å²) < 4.78 is 10.9. The van der Waals surface area contributed by atoms with Gasteiger partial charge in [-0.25, -0.2) is 0 Å². The van der Waals surface area contributed by atoms with E-state index in [-0.39, 0.29) is 0 Å². The Hall–Kier alpha value is -0.940. The summed E-state index contributed by atoms with van der Waals surface area (Å²) in [6.07, 6.45) is 6.77. The van der Waals surface area contributed by atoms with Crippen LogP contribution in [0.5, 0.6) is 0 Å². The molecule has 1 N–H and O–H groups in total. The van der Waals surface area contributed by atoms with Crippen molar-refractivity contribution in [3.63, 3.8) is 0 Å². The van der Waals surface area contributed by atoms with Gasteiger partial charge in [0.05, 0.1) is 0 Å². The van der Waals surface area contributed by atoms with Gasteiger partial charge in [0.15, 0.2) is 5.82 Å². The second-order valence-corrected chi connectivity index (χ2v) is 6.09. The number of rotatable bonds is 5. The first-order valence-corrected chi connectivity index (χ1v) is 7.98. The normalized spacial score (nSPS) is 30.8. The van der Waals surface area contributed by atoms with Gasteiger partial charge in [-0.2, -0.15) is 4.98 Å². The van der Waals surface area contributed by atoms with Gasteiger partial charge in [-0.1, -0.05) is 12.1 Å². The molecule has 20 heavy (non-hydrogen) atoms. The number of aromatic nitrogens is 2. The molecule has 1 aliphatic carbocycles. The van der Waals surface area contributed by atoms with Crippen molar-refractivity contribution < 1.29 is 9.26 Å². The van der Waals surface area contributed by atoms with Gasteiger partial charge in [0.2, 0.25) is 5.89 Å². The summed E-state index contributed by atoms with van der Waals surface area (Å²) in [6.45, 7) is 4.95. The summed E-state index contributed by atoms with van der Waals surface area (Å²) in [4.78, 5) is 4.61. The standard InChI is InChI=1S/C15H25N3O2/c1-2-16-13-5-3-12(4-6-13)15-17-14(18-20-15)9-11-7-8-19-10-11/h11-13,16H,2-10H2,1H3. The highest BCUT2D eigenvalue weighted by Crippen LogP contribution is 2.32. The van der Waals surface area contributed by atoms with Crippen LogP contribution in [0.4, 0.5) is 0 Å². The van der Waals surface area contributed by atoms with Crippen molar-refractivity contribution in [2.45, 2.75) is 57.4 Å². The molecule has 1 saturated heterocycles. The molecule has 1 atom stereocenters. The molecular formula is C15H25N3O2. The number of hydrogen-bond acceptors (Lipinski definition) is 5. The van der Waals surface area contributed by atoms with Crippen molar-refractivity contribution in [2.75, 3.05) is 19.8 Å². The van der Waals surface area contributed by atoms with E-state index in [1.807, 2.05) is 0 Å². The molecule has 2 aliphatic rings. The number of hydrogen-bond donors (Lipinski definition) is 1. The van der Waals surface area contributed by atoms with Gasteiger partial charge in [0.1, 0.15) is 0 Å². The van der Waals surface area contributed by atoms with E-state index in [4.69, 9.17) is 9.26 Å². The first kappa shape index (κ1) is 14.0. The molecule has 1 aromatic heterocycles. The molecule has 0 amide bonds. The van der Waals surface area contributed by atoms with Crippen LogP contribution in [-0.2, 0) is 11.2 Å². The van der Waals surface area contributed by atoms with E-state index in [9.17, 15) is 0 Å². The molecule has 1 aromatic rings. The van der Waals surface area contributed by atoms with Crippen molar-refractivity contribution in [1.82, 2.24) is 15.5 Å². The monoisotopic (exact) mass is 279 g/mol. The topological polar surface area (TPSA) is 60.2 Å². The lowest BCUT2D eigenvalue weighted by Gasteiger charge is -2.26. The van der Waals surface area contributed by atoms with Gasteiger partial charge in [-0.15, -0.1) is 0 Å². The zero-order valence-corrected chi connectivity index (χ0v) is 12.3. The maximum absolute atomic E-state index is 5.49. The minimum absolute atomic E-state index is 0.464. The fourth-order valence-electron chi connectivity index (χ4n) is 3.35. The van der Waals surface area contributed by atoms with Crippen LogP contribution in [0.3, 0.4) is 0 Å². The Bertz CT molecular complexity index is 407. The Balaban J connectivity index is 1.52. The molecule has 1 unspecified atom stereocenters. The molecule has 0 bridgehead atoms. The summed E-state index contributed by atoms with van der Waals surface area (Å²) in [5.74, 6) is 2.76. The third-order valence-electron chi connectivity index (χ3n) is 4.55. The van der Waals surface area contributed by atoms with E-state index in [1.165, 1.54) is 12.8 Å². The highest BCUT2D eigenvalue weighted by molar-refractivity contribution is 4.98. The maximum atomic E-state index is 5.49. The van der Waals surface area contributed by atoms with Crippen LogP contribution in [0.25, 0.3) is 0 Å². The first-order chi connectivity index (χ1) is 9.85. The van der Waals surface area contributed by atoms with Gasteiger partial charge < -0.3 is 14.6 Å². The minimum Gasteiger partial charge on any atom is -0.381 e. The van der Waals surface area contributed by atoms with E-state index in [0.29, 0.717) is 17.9 Å². The second-order valence-electron chi connectivity index (χ2n) is 6.09. The van der Waals surface area contributed by atoms with Crippen LogP contribution in [0.2, 0.25) is 0 Å². The minimum atomic E-state index is 0.464. The summed E-state index contributed by atoms with van der Waals surface area (Å²) in [6, 6.07) is 0.675. The fourth-order valence-corrected chi connectivity index (χ4v) is 3.35. The predicted molar refractivity (Wildman–Crippen MR) is 75.6 cm³/mol. The van der Waals surface area contributed by atoms with Gasteiger partial charge in [0, 0.05) is 31.6 Å². The maximum Gasteiger partial charge on any atom is 0.229 e. The summed E-state index contributed by atoms with van der Waals surface area (Å²) in [7, 11) is 0. The van der Waals surface area contributed by atoms with Crippen molar-refractivity contribution in [1.29, 1.82) is 0 Å². The Kier molecular flexibility index (Phi) is 4.68. The summed E-state index contributed by atoms with van der Waals surface area (Å²) in [5.41, 5.74) is 0. The van der Waals surface area contributed by atoms with Crippen molar-refractivity contribution in [2.24, 2.45) is 5.92 Å². The van der Waals surface area contributed by atoms with Crippen LogP contribution >= 0.6 is 0 Å². The van der Waals surface area contributed by atoms with E-state index in [0.717, 1.165) is 57.2 Å². The summed E-state index contributed by atoms with van der Waals surface area (Å²) >= 11 is 0. The lowest BCUT2D eigenvalue weighted by atomic mass is 9.86. The quantitative estimate of drug-likeness (QED) is 0.896. The van der Waals surface area contributed by atoms with Gasteiger partial charge >= 0.3 is 0 Å². The molecule has 2 fully saturated rings. The number of ether oxygens (including phenoxy) is 1. The Morgan fingerprint density at radius 2 is 2.05 bits per heavy atom. The van der Waals surface area contributed by atoms with Gasteiger partial charge in [0.25, 0.3) is 0 Å². The van der Waals surface area contributed by atoms with Crippen molar-refractivity contribution >= 4 is 0 Å². The van der Waals surface area contributed by atoms with E-state index < -0.39 is 0 Å². The molecule has 5 nitrogen and oxygen atoms in total. The van der Waals surface area contributed by atoms with Crippen molar-refractivity contribution in [3.8, 4) is 0 Å². The van der Waals surface area contributed by atoms with E-state index >= 15 is 0 Å². The smallest absolute Gasteiger partial charge is 0.229 e. The van der Waals surface area contributed by atoms with Gasteiger partial charge in [-0.05, 0) is 44.6 Å². The molecule has 112 valence electrons.